The molecule has 61 heavy (non-hydrogen) atoms. The molecule has 5 aliphatic rings. The molecule has 5 aromatic rings. The number of halogens is 3. The van der Waals surface area contributed by atoms with Gasteiger partial charge in [0.2, 0.25) is 5.91 Å². The number of nitrogens with one attached hydrogen (secondary N) is 1. The average molecular weight is 832 g/mol. The Hall–Kier alpha value is -5.86. The minimum absolute atomic E-state index is 0.00582. The van der Waals surface area contributed by atoms with Crippen molar-refractivity contribution in [1.29, 1.82) is 0 Å². The van der Waals surface area contributed by atoms with Gasteiger partial charge in [-0.2, -0.15) is 5.10 Å². The van der Waals surface area contributed by atoms with E-state index in [1.807, 2.05) is 18.2 Å². The fourth-order valence-electron chi connectivity index (χ4n) is 9.85. The van der Waals surface area contributed by atoms with Crippen molar-refractivity contribution in [3.63, 3.8) is 0 Å². The third-order valence-corrected chi connectivity index (χ3v) is 13.3. The van der Waals surface area contributed by atoms with Crippen molar-refractivity contribution in [2.75, 3.05) is 72.0 Å². The third-order valence-electron chi connectivity index (χ3n) is 13.3. The van der Waals surface area contributed by atoms with Crippen LogP contribution in [0.25, 0.3) is 21.9 Å². The molecule has 14 heteroatoms. The highest BCUT2D eigenvalue weighted by molar-refractivity contribution is 5.96. The molecule has 4 aliphatic heterocycles. The van der Waals surface area contributed by atoms with Crippen molar-refractivity contribution >= 4 is 28.5 Å². The summed E-state index contributed by atoms with van der Waals surface area (Å²) in [6.07, 6.45) is 2.92. The quantitative estimate of drug-likeness (QED) is 0.211. The number of H-pyrrole nitrogens is 1. The first-order valence-electron chi connectivity index (χ1n) is 21.2. The largest absolute Gasteiger partial charge is 0.338 e. The number of piperidine rings is 2. The number of hydrogen-bond acceptors (Lipinski definition) is 7. The second kappa shape index (κ2) is 17.3. The highest BCUT2D eigenvalue weighted by Gasteiger charge is 2.44. The van der Waals surface area contributed by atoms with Crippen LogP contribution in [0.3, 0.4) is 0 Å². The second-order valence-corrected chi connectivity index (χ2v) is 16.9. The number of piperazine rings is 2. The Morgan fingerprint density at radius 1 is 0.689 bits per heavy atom. The van der Waals surface area contributed by atoms with Gasteiger partial charge in [-0.1, -0.05) is 54.6 Å². The molecule has 4 saturated heterocycles. The van der Waals surface area contributed by atoms with E-state index >= 15 is 13.2 Å². The summed E-state index contributed by atoms with van der Waals surface area (Å²) in [5.41, 5.74) is 1.58. The maximum Gasteiger partial charge on any atom is 0.272 e. The summed E-state index contributed by atoms with van der Waals surface area (Å²) in [7, 11) is 0. The van der Waals surface area contributed by atoms with Gasteiger partial charge in [-0.3, -0.25) is 24.1 Å². The highest BCUT2D eigenvalue weighted by atomic mass is 19.1. The Kier molecular flexibility index (Phi) is 11.5. The molecule has 1 unspecified atom stereocenters. The highest BCUT2D eigenvalue weighted by Crippen LogP contribution is 2.41. The number of benzene rings is 4. The van der Waals surface area contributed by atoms with Crippen LogP contribution in [0.15, 0.2) is 89.7 Å². The van der Waals surface area contributed by atoms with E-state index in [0.29, 0.717) is 78.2 Å². The Morgan fingerprint density at radius 2 is 1.36 bits per heavy atom. The maximum atomic E-state index is 15.3. The van der Waals surface area contributed by atoms with E-state index in [9.17, 15) is 19.2 Å². The van der Waals surface area contributed by atoms with E-state index in [1.165, 1.54) is 18.2 Å². The first-order chi connectivity index (χ1) is 29.6. The molecule has 1 aromatic heterocycles. The van der Waals surface area contributed by atoms with Crippen LogP contribution in [0.2, 0.25) is 0 Å². The molecule has 10 rings (SSSR count). The van der Waals surface area contributed by atoms with Gasteiger partial charge in [0.1, 0.15) is 23.0 Å². The van der Waals surface area contributed by atoms with E-state index in [-0.39, 0.29) is 35.5 Å². The molecule has 0 radical (unpaired) electrons. The molecule has 316 valence electrons. The first kappa shape index (κ1) is 40.5. The van der Waals surface area contributed by atoms with E-state index in [1.54, 1.807) is 63.2 Å². The predicted octanol–water partition coefficient (Wildman–Crippen LogP) is 5.44. The van der Waals surface area contributed by atoms with Crippen molar-refractivity contribution in [3.8, 4) is 11.1 Å². The van der Waals surface area contributed by atoms with Crippen LogP contribution in [0.5, 0.6) is 0 Å². The zero-order chi connectivity index (χ0) is 42.2. The molecule has 1 aliphatic carbocycles. The fourth-order valence-corrected chi connectivity index (χ4v) is 9.85. The van der Waals surface area contributed by atoms with Gasteiger partial charge in [0, 0.05) is 83.3 Å². The van der Waals surface area contributed by atoms with Crippen LogP contribution in [0, 0.1) is 29.3 Å². The van der Waals surface area contributed by atoms with Crippen LogP contribution in [0.4, 0.5) is 13.2 Å². The first-order valence-corrected chi connectivity index (χ1v) is 21.2. The van der Waals surface area contributed by atoms with Crippen LogP contribution in [-0.4, -0.2) is 130 Å². The lowest BCUT2D eigenvalue weighted by Crippen LogP contribution is -2.58. The van der Waals surface area contributed by atoms with Gasteiger partial charge in [-0.05, 0) is 78.1 Å². The van der Waals surface area contributed by atoms with Crippen molar-refractivity contribution in [2.24, 2.45) is 11.8 Å². The van der Waals surface area contributed by atoms with Gasteiger partial charge in [-0.25, -0.2) is 18.3 Å². The second-order valence-electron chi connectivity index (χ2n) is 16.9. The number of rotatable bonds is 9. The van der Waals surface area contributed by atoms with Gasteiger partial charge < -0.3 is 19.6 Å². The number of fused-ring (bicyclic) bond motifs is 4. The summed E-state index contributed by atoms with van der Waals surface area (Å²) in [4.78, 5) is 62.4. The lowest BCUT2D eigenvalue weighted by atomic mass is 9.71. The lowest BCUT2D eigenvalue weighted by molar-refractivity contribution is -0.134. The molecule has 11 nitrogen and oxygen atoms in total. The SMILES string of the molecule is O=C(CN1CCN(C[C@@H]2CC3CC[C@@H]2CN3C(=O)c2c(F)cc(-c3ccccc3)cc2F)CC1)N1CCN(C(=O)c2cc(Cc3n[nH]c(=O)c4ccccc34)ccc2F)CC1. The summed E-state index contributed by atoms with van der Waals surface area (Å²) >= 11 is 0. The number of nitrogens with zero attached hydrogens (tertiary/aromatic N) is 6. The molecule has 1 N–H and O–H groups in total. The molecule has 0 spiro atoms. The molecule has 5 heterocycles. The number of aromatic nitrogens is 2. The minimum Gasteiger partial charge on any atom is -0.338 e. The van der Waals surface area contributed by atoms with Crippen molar-refractivity contribution in [2.45, 2.75) is 31.7 Å². The molecule has 4 aromatic carbocycles. The Balaban J connectivity index is 0.730. The van der Waals surface area contributed by atoms with Crippen LogP contribution in [0.1, 0.15) is 51.2 Å². The predicted molar refractivity (Wildman–Crippen MR) is 224 cm³/mol. The Labute approximate surface area is 351 Å². The van der Waals surface area contributed by atoms with Crippen LogP contribution in [-0.2, 0) is 11.2 Å². The summed E-state index contributed by atoms with van der Waals surface area (Å²) in [6.45, 7) is 6.11. The molecule has 2 bridgehead atoms. The van der Waals surface area contributed by atoms with Crippen molar-refractivity contribution in [1.82, 2.24) is 34.7 Å². The van der Waals surface area contributed by atoms with Crippen LogP contribution < -0.4 is 5.56 Å². The zero-order valence-corrected chi connectivity index (χ0v) is 33.9. The number of aromatic amines is 1. The summed E-state index contributed by atoms with van der Waals surface area (Å²) in [5, 5.41) is 7.94. The molecule has 1 saturated carbocycles. The topological polar surface area (TPSA) is 113 Å². The van der Waals surface area contributed by atoms with Gasteiger partial charge in [0.05, 0.1) is 23.2 Å². The zero-order valence-electron chi connectivity index (χ0n) is 33.9. The third kappa shape index (κ3) is 8.43. The normalized spacial score (nSPS) is 21.0. The summed E-state index contributed by atoms with van der Waals surface area (Å²) < 4.78 is 45.7. The lowest BCUT2D eigenvalue weighted by Gasteiger charge is -2.51. The van der Waals surface area contributed by atoms with Gasteiger partial charge in [0.15, 0.2) is 0 Å². The molecular formula is C47H48F3N7O4. The smallest absolute Gasteiger partial charge is 0.272 e. The Bertz CT molecular complexity index is 2500. The van der Waals surface area contributed by atoms with E-state index in [4.69, 9.17) is 0 Å². The number of hydrogen-bond donors (Lipinski definition) is 1. The standard InChI is InChI=1S/C47H48F3N7O4/c48-39-13-10-30(23-42-36-8-4-5-9-37(36)45(59)52-51-42)22-38(39)46(60)56-20-18-55(19-21-56)43(58)29-54-16-14-53(15-17-54)27-34-24-35-12-11-32(34)28-57(35)47(61)44-40(49)25-33(26-41(44)50)31-6-2-1-3-7-31/h1-10,13,22,25-26,32,34-35H,11-12,14-21,23-24,27-29H2,(H,52,59)/t32-,34+,35?/m1/s1. The summed E-state index contributed by atoms with van der Waals surface area (Å²) in [5.74, 6) is -2.63. The minimum atomic E-state index is -0.835. The van der Waals surface area contributed by atoms with Crippen molar-refractivity contribution < 1.29 is 27.6 Å². The monoisotopic (exact) mass is 831 g/mol. The average Bonchev–Trinajstić information content (AvgIpc) is 3.28. The molecular weight excluding hydrogens is 784 g/mol. The van der Waals surface area contributed by atoms with Crippen LogP contribution >= 0.6 is 0 Å². The van der Waals surface area contributed by atoms with Gasteiger partial charge >= 0.3 is 0 Å². The molecule has 5 fully saturated rings. The number of amides is 3. The summed E-state index contributed by atoms with van der Waals surface area (Å²) in [6, 6.07) is 23.0. The number of carbonyl (C=O) groups excluding carboxylic acids is 3. The molecule has 3 atom stereocenters. The van der Waals surface area contributed by atoms with E-state index < -0.39 is 34.8 Å². The van der Waals surface area contributed by atoms with Crippen molar-refractivity contribution in [3.05, 3.63) is 135 Å². The maximum absolute atomic E-state index is 15.3. The van der Waals surface area contributed by atoms with Gasteiger partial charge in [0.25, 0.3) is 17.4 Å². The fraction of sp³-hybridized carbons (Fsp3) is 0.383. The molecule has 3 amide bonds. The van der Waals surface area contributed by atoms with Gasteiger partial charge in [-0.15, -0.1) is 0 Å². The van der Waals surface area contributed by atoms with E-state index in [0.717, 1.165) is 52.0 Å². The Morgan fingerprint density at radius 3 is 2.07 bits per heavy atom. The van der Waals surface area contributed by atoms with E-state index in [2.05, 4.69) is 20.0 Å². The number of carbonyl (C=O) groups is 3.